The summed E-state index contributed by atoms with van der Waals surface area (Å²) >= 11 is 0. The summed E-state index contributed by atoms with van der Waals surface area (Å²) in [5.41, 5.74) is 0.310. The summed E-state index contributed by atoms with van der Waals surface area (Å²) in [5, 5.41) is 3.89. The SMILES string of the molecule is C1CC2(C1)CC(NCC1CC3CCC1C3)CCO2. The van der Waals surface area contributed by atoms with Crippen LogP contribution in [0.4, 0.5) is 0 Å². The lowest BCUT2D eigenvalue weighted by Crippen LogP contribution is -2.51. The van der Waals surface area contributed by atoms with Gasteiger partial charge in [0.15, 0.2) is 0 Å². The normalized spacial score (nSPS) is 45.3. The van der Waals surface area contributed by atoms with Crippen molar-refractivity contribution in [2.45, 2.75) is 69.4 Å². The summed E-state index contributed by atoms with van der Waals surface area (Å²) in [6.45, 7) is 2.29. The van der Waals surface area contributed by atoms with E-state index in [9.17, 15) is 0 Å². The van der Waals surface area contributed by atoms with Gasteiger partial charge in [0.25, 0.3) is 0 Å². The van der Waals surface area contributed by atoms with Crippen molar-refractivity contribution in [1.82, 2.24) is 5.32 Å². The van der Waals surface area contributed by atoms with Crippen LogP contribution >= 0.6 is 0 Å². The predicted molar refractivity (Wildman–Crippen MR) is 72.5 cm³/mol. The Hall–Kier alpha value is -0.0800. The van der Waals surface area contributed by atoms with E-state index in [1.807, 2.05) is 0 Å². The maximum absolute atomic E-state index is 6.01. The maximum atomic E-state index is 6.01. The molecular weight excluding hydrogens is 222 g/mol. The van der Waals surface area contributed by atoms with E-state index in [0.29, 0.717) is 5.60 Å². The summed E-state index contributed by atoms with van der Waals surface area (Å²) in [6, 6.07) is 0.748. The second-order valence-corrected chi connectivity index (χ2v) is 7.42. The fraction of sp³-hybridized carbons (Fsp3) is 1.00. The molecule has 4 atom stereocenters. The average molecular weight is 249 g/mol. The molecule has 2 heteroatoms. The maximum Gasteiger partial charge on any atom is 0.0697 e. The van der Waals surface area contributed by atoms with E-state index in [1.165, 1.54) is 57.9 Å². The van der Waals surface area contributed by atoms with Crippen LogP contribution in [0.2, 0.25) is 0 Å². The van der Waals surface area contributed by atoms with Crippen molar-refractivity contribution in [2.24, 2.45) is 17.8 Å². The lowest BCUT2D eigenvalue weighted by atomic mass is 9.74. The predicted octanol–water partition coefficient (Wildman–Crippen LogP) is 3.11. The van der Waals surface area contributed by atoms with E-state index < -0.39 is 0 Å². The van der Waals surface area contributed by atoms with Crippen molar-refractivity contribution in [3.63, 3.8) is 0 Å². The van der Waals surface area contributed by atoms with Crippen LogP contribution in [-0.4, -0.2) is 24.8 Å². The molecule has 2 bridgehead atoms. The zero-order valence-corrected chi connectivity index (χ0v) is 11.5. The second kappa shape index (κ2) is 4.49. The van der Waals surface area contributed by atoms with Crippen molar-refractivity contribution in [3.05, 3.63) is 0 Å². The van der Waals surface area contributed by atoms with Crippen molar-refractivity contribution in [3.8, 4) is 0 Å². The summed E-state index contributed by atoms with van der Waals surface area (Å²) in [4.78, 5) is 0. The van der Waals surface area contributed by atoms with Crippen LogP contribution in [0.25, 0.3) is 0 Å². The molecule has 1 spiro atoms. The molecule has 1 aliphatic heterocycles. The number of fused-ring (bicyclic) bond motifs is 2. The van der Waals surface area contributed by atoms with Gasteiger partial charge in [-0.3, -0.25) is 0 Å². The minimum absolute atomic E-state index is 0.310. The highest BCUT2D eigenvalue weighted by atomic mass is 16.5. The highest BCUT2D eigenvalue weighted by Gasteiger charge is 2.43. The Labute approximate surface area is 111 Å². The van der Waals surface area contributed by atoms with Crippen LogP contribution in [0.1, 0.15) is 57.8 Å². The lowest BCUT2D eigenvalue weighted by molar-refractivity contribution is -0.135. The second-order valence-electron chi connectivity index (χ2n) is 7.42. The molecule has 0 radical (unpaired) electrons. The quantitative estimate of drug-likeness (QED) is 0.830. The lowest BCUT2D eigenvalue weighted by Gasteiger charge is -2.47. The molecule has 4 unspecified atom stereocenters. The van der Waals surface area contributed by atoms with E-state index in [0.717, 1.165) is 30.4 Å². The molecule has 1 saturated heterocycles. The van der Waals surface area contributed by atoms with Gasteiger partial charge in [0.1, 0.15) is 0 Å². The van der Waals surface area contributed by atoms with Crippen molar-refractivity contribution in [1.29, 1.82) is 0 Å². The van der Waals surface area contributed by atoms with Crippen LogP contribution < -0.4 is 5.32 Å². The van der Waals surface area contributed by atoms with Crippen LogP contribution in [0, 0.1) is 17.8 Å². The number of rotatable bonds is 3. The molecule has 18 heavy (non-hydrogen) atoms. The van der Waals surface area contributed by atoms with Crippen LogP contribution in [0.3, 0.4) is 0 Å². The van der Waals surface area contributed by atoms with Gasteiger partial charge in [0, 0.05) is 12.6 Å². The van der Waals surface area contributed by atoms with Crippen molar-refractivity contribution in [2.75, 3.05) is 13.2 Å². The smallest absolute Gasteiger partial charge is 0.0697 e. The molecule has 2 nitrogen and oxygen atoms in total. The summed E-state index contributed by atoms with van der Waals surface area (Å²) in [5.74, 6) is 3.17. The highest BCUT2D eigenvalue weighted by molar-refractivity contribution is 4.97. The topological polar surface area (TPSA) is 21.3 Å². The number of ether oxygens (including phenoxy) is 1. The molecule has 3 aliphatic carbocycles. The molecular formula is C16H27NO. The Balaban J connectivity index is 1.27. The van der Waals surface area contributed by atoms with Crippen LogP contribution in [0.5, 0.6) is 0 Å². The summed E-state index contributed by atoms with van der Waals surface area (Å²) < 4.78 is 6.01. The van der Waals surface area contributed by atoms with Crippen molar-refractivity contribution >= 4 is 0 Å². The fourth-order valence-corrected chi connectivity index (χ4v) is 5.07. The molecule has 1 heterocycles. The number of hydrogen-bond donors (Lipinski definition) is 1. The first kappa shape index (κ1) is 11.7. The number of hydrogen-bond acceptors (Lipinski definition) is 2. The van der Waals surface area contributed by atoms with Gasteiger partial charge in [-0.25, -0.2) is 0 Å². The monoisotopic (exact) mass is 249 g/mol. The highest BCUT2D eigenvalue weighted by Crippen LogP contribution is 2.48. The van der Waals surface area contributed by atoms with Gasteiger partial charge >= 0.3 is 0 Å². The Morgan fingerprint density at radius 1 is 1.11 bits per heavy atom. The van der Waals surface area contributed by atoms with E-state index in [2.05, 4.69) is 5.32 Å². The molecule has 4 fully saturated rings. The van der Waals surface area contributed by atoms with Crippen LogP contribution in [0.15, 0.2) is 0 Å². The zero-order valence-electron chi connectivity index (χ0n) is 11.5. The average Bonchev–Trinajstić information content (AvgIpc) is 2.97. The van der Waals surface area contributed by atoms with Crippen LogP contribution in [-0.2, 0) is 4.74 Å². The van der Waals surface area contributed by atoms with Gasteiger partial charge in [-0.1, -0.05) is 6.42 Å². The first-order valence-corrected chi connectivity index (χ1v) is 8.20. The fourth-order valence-electron chi connectivity index (χ4n) is 5.07. The third-order valence-corrected chi connectivity index (χ3v) is 6.31. The molecule has 1 N–H and O–H groups in total. The number of nitrogens with one attached hydrogen (secondary N) is 1. The summed E-state index contributed by atoms with van der Waals surface area (Å²) in [6.07, 6.45) is 12.7. The standard InChI is InChI=1S/C16H27NO/c1-5-16(6-1)10-15(4-7-18-16)17-11-14-9-12-2-3-13(14)8-12/h12-15,17H,1-11H2. The van der Waals surface area contributed by atoms with E-state index >= 15 is 0 Å². The van der Waals surface area contributed by atoms with Gasteiger partial charge in [-0.15, -0.1) is 0 Å². The molecule has 0 aromatic carbocycles. The molecule has 0 aromatic rings. The third-order valence-electron chi connectivity index (χ3n) is 6.31. The van der Waals surface area contributed by atoms with E-state index in [4.69, 9.17) is 4.74 Å². The zero-order chi connectivity index (χ0) is 12.0. The third kappa shape index (κ3) is 2.02. The molecule has 3 saturated carbocycles. The van der Waals surface area contributed by atoms with E-state index in [1.54, 1.807) is 6.42 Å². The minimum Gasteiger partial charge on any atom is -0.375 e. The Kier molecular flexibility index (Phi) is 2.92. The Morgan fingerprint density at radius 3 is 2.72 bits per heavy atom. The molecule has 0 amide bonds. The van der Waals surface area contributed by atoms with Gasteiger partial charge < -0.3 is 10.1 Å². The van der Waals surface area contributed by atoms with Gasteiger partial charge in [-0.05, 0) is 75.7 Å². The van der Waals surface area contributed by atoms with Gasteiger partial charge in [0.05, 0.1) is 5.60 Å². The molecule has 4 aliphatic rings. The van der Waals surface area contributed by atoms with Gasteiger partial charge in [-0.2, -0.15) is 0 Å². The first-order chi connectivity index (χ1) is 8.83. The molecule has 4 rings (SSSR count). The van der Waals surface area contributed by atoms with Crippen molar-refractivity contribution < 1.29 is 4.74 Å². The molecule has 0 aromatic heterocycles. The Bertz CT molecular complexity index is 312. The largest absolute Gasteiger partial charge is 0.375 e. The minimum atomic E-state index is 0.310. The Morgan fingerprint density at radius 2 is 2.06 bits per heavy atom. The summed E-state index contributed by atoms with van der Waals surface area (Å²) in [7, 11) is 0. The molecule has 102 valence electrons. The van der Waals surface area contributed by atoms with Gasteiger partial charge in [0.2, 0.25) is 0 Å². The first-order valence-electron chi connectivity index (χ1n) is 8.20. The van der Waals surface area contributed by atoms with E-state index in [-0.39, 0.29) is 0 Å².